The topological polar surface area (TPSA) is 50.8 Å². The molecule has 5 nitrogen and oxygen atoms in total. The van der Waals surface area contributed by atoms with Gasteiger partial charge in [-0.2, -0.15) is 0 Å². The van der Waals surface area contributed by atoms with Crippen LogP contribution in [0.5, 0.6) is 0 Å². The fourth-order valence-corrected chi connectivity index (χ4v) is 3.33. The number of nitrogens with zero attached hydrogens (tertiary/aromatic N) is 1. The first-order valence-electron chi connectivity index (χ1n) is 8.19. The van der Waals surface area contributed by atoms with E-state index in [9.17, 15) is 4.79 Å². The summed E-state index contributed by atoms with van der Waals surface area (Å²) in [5.74, 6) is 0.0444. The molecule has 0 radical (unpaired) electrons. The molecule has 7 heteroatoms. The molecule has 1 unspecified atom stereocenters. The molecule has 134 valence electrons. The molecule has 0 spiro atoms. The summed E-state index contributed by atoms with van der Waals surface area (Å²) < 4.78 is 11.1. The Labute approximate surface area is 154 Å². The molecule has 0 aliphatic carbocycles. The molecule has 1 aromatic carbocycles. The predicted molar refractivity (Wildman–Crippen MR) is 95.8 cm³/mol. The molecule has 24 heavy (non-hydrogen) atoms. The highest BCUT2D eigenvalue weighted by atomic mass is 35.5. The molecule has 1 amide bonds. The van der Waals surface area contributed by atoms with Crippen LogP contribution in [0.4, 0.5) is 0 Å². The second kappa shape index (κ2) is 9.59. The van der Waals surface area contributed by atoms with Gasteiger partial charge in [-0.05, 0) is 30.5 Å². The average molecular weight is 375 g/mol. The number of ether oxygens (including phenoxy) is 2. The van der Waals surface area contributed by atoms with Crippen molar-refractivity contribution < 1.29 is 14.3 Å². The number of piperazine rings is 1. The van der Waals surface area contributed by atoms with Crippen molar-refractivity contribution in [3.63, 3.8) is 0 Å². The van der Waals surface area contributed by atoms with Gasteiger partial charge in [0.05, 0.1) is 12.1 Å². The molecule has 0 saturated carbocycles. The van der Waals surface area contributed by atoms with Crippen LogP contribution in [0.2, 0.25) is 5.02 Å². The van der Waals surface area contributed by atoms with Crippen molar-refractivity contribution in [2.75, 3.05) is 39.5 Å². The van der Waals surface area contributed by atoms with Gasteiger partial charge in [0.2, 0.25) is 5.91 Å². The van der Waals surface area contributed by atoms with Crippen molar-refractivity contribution in [1.82, 2.24) is 10.2 Å². The summed E-state index contributed by atoms with van der Waals surface area (Å²) in [7, 11) is 0. The summed E-state index contributed by atoms with van der Waals surface area (Å²) in [6.07, 6.45) is 1.87. The number of amides is 1. The van der Waals surface area contributed by atoms with E-state index in [1.807, 2.05) is 29.2 Å². The molecular weight excluding hydrogens is 351 g/mol. The maximum absolute atomic E-state index is 12.6. The number of carbonyl (C=O) groups excluding carboxylic acids is 1. The van der Waals surface area contributed by atoms with Crippen molar-refractivity contribution in [2.24, 2.45) is 0 Å². The zero-order chi connectivity index (χ0) is 16.1. The van der Waals surface area contributed by atoms with Crippen LogP contribution in [0.3, 0.4) is 0 Å². The quantitative estimate of drug-likeness (QED) is 0.878. The summed E-state index contributed by atoms with van der Waals surface area (Å²) in [5.41, 5.74) is 1.06. The molecule has 1 aromatic rings. The summed E-state index contributed by atoms with van der Waals surface area (Å²) in [4.78, 5) is 14.5. The van der Waals surface area contributed by atoms with Crippen molar-refractivity contribution >= 4 is 29.9 Å². The number of carbonyl (C=O) groups is 1. The van der Waals surface area contributed by atoms with Crippen LogP contribution < -0.4 is 5.32 Å². The lowest BCUT2D eigenvalue weighted by atomic mass is 10.0. The van der Waals surface area contributed by atoms with Gasteiger partial charge >= 0.3 is 0 Å². The molecule has 2 aliphatic rings. The maximum Gasteiger partial charge on any atom is 0.249 e. The molecular formula is C17H24Cl2N2O3. The Kier molecular flexibility index (Phi) is 7.78. The Morgan fingerprint density at radius 3 is 2.92 bits per heavy atom. The molecule has 1 N–H and O–H groups in total. The van der Waals surface area contributed by atoms with Crippen LogP contribution in [0.1, 0.15) is 24.4 Å². The Morgan fingerprint density at radius 2 is 2.17 bits per heavy atom. The van der Waals surface area contributed by atoms with Crippen molar-refractivity contribution in [3.8, 4) is 0 Å². The molecule has 2 fully saturated rings. The summed E-state index contributed by atoms with van der Waals surface area (Å²) in [6.45, 7) is 3.81. The molecule has 1 atom stereocenters. The summed E-state index contributed by atoms with van der Waals surface area (Å²) in [5, 5.41) is 4.04. The summed E-state index contributed by atoms with van der Waals surface area (Å²) in [6, 6.07) is 7.73. The normalized spacial score (nSPS) is 22.0. The van der Waals surface area contributed by atoms with Crippen LogP contribution >= 0.6 is 24.0 Å². The summed E-state index contributed by atoms with van der Waals surface area (Å²) >= 11 is 6.09. The third-order valence-corrected chi connectivity index (χ3v) is 4.64. The van der Waals surface area contributed by atoms with Crippen molar-refractivity contribution in [3.05, 3.63) is 34.9 Å². The molecule has 2 aliphatic heterocycles. The molecule has 3 rings (SSSR count). The smallest absolute Gasteiger partial charge is 0.249 e. The first-order chi connectivity index (χ1) is 11.2. The van der Waals surface area contributed by atoms with Crippen LogP contribution in [0.15, 0.2) is 24.3 Å². The van der Waals surface area contributed by atoms with E-state index in [4.69, 9.17) is 21.1 Å². The van der Waals surface area contributed by atoms with Crippen LogP contribution in [-0.4, -0.2) is 56.4 Å². The fraction of sp³-hybridized carbons (Fsp3) is 0.588. The number of rotatable bonds is 4. The molecule has 2 heterocycles. The lowest BCUT2D eigenvalue weighted by Gasteiger charge is -2.37. The number of nitrogens with one attached hydrogen (secondary N) is 1. The highest BCUT2D eigenvalue weighted by molar-refractivity contribution is 6.30. The van der Waals surface area contributed by atoms with E-state index >= 15 is 0 Å². The van der Waals surface area contributed by atoms with E-state index in [1.54, 1.807) is 0 Å². The zero-order valence-electron chi connectivity index (χ0n) is 13.6. The van der Waals surface area contributed by atoms with Gasteiger partial charge in [-0.25, -0.2) is 0 Å². The van der Waals surface area contributed by atoms with Gasteiger partial charge in [0, 0.05) is 37.9 Å². The number of halogens is 2. The molecule has 0 bridgehead atoms. The lowest BCUT2D eigenvalue weighted by Crippen LogP contribution is -2.50. The van der Waals surface area contributed by atoms with Crippen LogP contribution in [-0.2, 0) is 14.3 Å². The van der Waals surface area contributed by atoms with Crippen molar-refractivity contribution in [2.45, 2.75) is 25.0 Å². The monoisotopic (exact) mass is 374 g/mol. The second-order valence-electron chi connectivity index (χ2n) is 5.98. The van der Waals surface area contributed by atoms with E-state index in [-0.39, 0.29) is 37.1 Å². The van der Waals surface area contributed by atoms with E-state index in [1.165, 1.54) is 0 Å². The minimum atomic E-state index is 0. The Morgan fingerprint density at radius 1 is 1.38 bits per heavy atom. The SMILES string of the molecule is Cl.O=C(COC1CCOCC1)N1CCNCC1c1cccc(Cl)c1. The van der Waals surface area contributed by atoms with Gasteiger partial charge in [0.1, 0.15) is 6.61 Å². The van der Waals surface area contributed by atoms with Crippen molar-refractivity contribution in [1.29, 1.82) is 0 Å². The highest BCUT2D eigenvalue weighted by Gasteiger charge is 2.28. The third kappa shape index (κ3) is 5.07. The Bertz CT molecular complexity index is 538. The van der Waals surface area contributed by atoms with E-state index < -0.39 is 0 Å². The number of benzene rings is 1. The van der Waals surface area contributed by atoms with E-state index in [0.29, 0.717) is 11.6 Å². The first-order valence-corrected chi connectivity index (χ1v) is 8.57. The zero-order valence-corrected chi connectivity index (χ0v) is 15.2. The van der Waals surface area contributed by atoms with Gasteiger partial charge in [-0.1, -0.05) is 23.7 Å². The van der Waals surface area contributed by atoms with Gasteiger partial charge in [-0.15, -0.1) is 12.4 Å². The minimum absolute atomic E-state index is 0. The Balaban J connectivity index is 0.00000208. The number of hydrogen-bond donors (Lipinski definition) is 1. The average Bonchev–Trinajstić information content (AvgIpc) is 2.60. The van der Waals surface area contributed by atoms with Gasteiger partial charge in [-0.3, -0.25) is 4.79 Å². The first kappa shape index (κ1) is 19.5. The predicted octanol–water partition coefficient (Wildman–Crippen LogP) is 2.43. The largest absolute Gasteiger partial charge is 0.381 e. The number of hydrogen-bond acceptors (Lipinski definition) is 4. The van der Waals surface area contributed by atoms with E-state index in [0.717, 1.165) is 44.7 Å². The standard InChI is InChI=1S/C17H23ClN2O3.ClH/c18-14-3-1-2-13(10-14)16-11-19-6-7-20(16)17(21)12-23-15-4-8-22-9-5-15;/h1-3,10,15-16,19H,4-9,11-12H2;1H. The third-order valence-electron chi connectivity index (χ3n) is 4.41. The maximum atomic E-state index is 12.6. The van der Waals surface area contributed by atoms with Gasteiger partial charge in [0.25, 0.3) is 0 Å². The van der Waals surface area contributed by atoms with Crippen LogP contribution in [0, 0.1) is 0 Å². The minimum Gasteiger partial charge on any atom is -0.381 e. The molecule has 0 aromatic heterocycles. The Hall–Kier alpha value is -0.850. The second-order valence-corrected chi connectivity index (χ2v) is 6.42. The molecule has 2 saturated heterocycles. The fourth-order valence-electron chi connectivity index (χ4n) is 3.13. The van der Waals surface area contributed by atoms with Gasteiger partial charge < -0.3 is 19.7 Å². The van der Waals surface area contributed by atoms with Gasteiger partial charge in [0.15, 0.2) is 0 Å². The lowest BCUT2D eigenvalue weighted by molar-refractivity contribution is -0.143. The van der Waals surface area contributed by atoms with E-state index in [2.05, 4.69) is 5.32 Å². The van der Waals surface area contributed by atoms with Crippen LogP contribution in [0.25, 0.3) is 0 Å². The highest BCUT2D eigenvalue weighted by Crippen LogP contribution is 2.25.